The molecular formula is C21H17N7O3S. The quantitative estimate of drug-likeness (QED) is 0.383. The molecule has 0 amide bonds. The Kier molecular flexibility index (Phi) is 4.50. The van der Waals surface area contributed by atoms with Crippen LogP contribution in [0.25, 0.3) is 27.6 Å². The second kappa shape index (κ2) is 7.25. The molecule has 5 aromatic rings. The van der Waals surface area contributed by atoms with Crippen molar-refractivity contribution in [3.63, 3.8) is 0 Å². The van der Waals surface area contributed by atoms with Crippen molar-refractivity contribution >= 4 is 43.6 Å². The number of hydrogen-bond acceptors (Lipinski definition) is 7. The highest BCUT2D eigenvalue weighted by molar-refractivity contribution is 7.89. The number of nitrogens with two attached hydrogens (primary N) is 1. The first-order valence-electron chi connectivity index (χ1n) is 9.53. The molecule has 0 atom stereocenters. The van der Waals surface area contributed by atoms with E-state index >= 15 is 0 Å². The van der Waals surface area contributed by atoms with Crippen molar-refractivity contribution in [2.24, 2.45) is 5.14 Å². The van der Waals surface area contributed by atoms with E-state index in [0.717, 1.165) is 0 Å². The molecule has 0 spiro atoms. The number of rotatable bonds is 4. The van der Waals surface area contributed by atoms with Gasteiger partial charge in [-0.25, -0.2) is 18.5 Å². The molecule has 32 heavy (non-hydrogen) atoms. The summed E-state index contributed by atoms with van der Waals surface area (Å²) in [6, 6.07) is 13.9. The van der Waals surface area contributed by atoms with Crippen LogP contribution in [0, 0.1) is 6.92 Å². The summed E-state index contributed by atoms with van der Waals surface area (Å²) < 4.78 is 25.2. The third-order valence-electron chi connectivity index (χ3n) is 5.09. The van der Waals surface area contributed by atoms with Crippen LogP contribution in [0.5, 0.6) is 0 Å². The van der Waals surface area contributed by atoms with E-state index in [1.165, 1.54) is 16.8 Å². The van der Waals surface area contributed by atoms with Crippen molar-refractivity contribution in [2.75, 3.05) is 5.32 Å². The van der Waals surface area contributed by atoms with Crippen LogP contribution in [-0.2, 0) is 10.0 Å². The van der Waals surface area contributed by atoms with Crippen LogP contribution in [0.4, 0.5) is 11.6 Å². The van der Waals surface area contributed by atoms with Crippen molar-refractivity contribution < 1.29 is 8.42 Å². The number of pyridine rings is 1. The number of aryl methyl sites for hydroxylation is 1. The van der Waals surface area contributed by atoms with Crippen molar-refractivity contribution in [3.05, 3.63) is 76.8 Å². The fraction of sp³-hybridized carbons (Fsp3) is 0.0476. The third kappa shape index (κ3) is 3.29. The van der Waals surface area contributed by atoms with Crippen LogP contribution in [0.2, 0.25) is 0 Å². The Balaban J connectivity index is 1.71. The molecule has 0 fully saturated rings. The minimum atomic E-state index is -3.89. The number of aromatic nitrogens is 5. The molecule has 11 heteroatoms. The minimum absolute atomic E-state index is 0.00338. The van der Waals surface area contributed by atoms with Gasteiger partial charge in [0.1, 0.15) is 0 Å². The molecule has 0 bridgehead atoms. The molecule has 4 N–H and O–H groups in total. The fourth-order valence-corrected chi connectivity index (χ4v) is 4.39. The van der Waals surface area contributed by atoms with Crippen LogP contribution in [-0.4, -0.2) is 33.2 Å². The lowest BCUT2D eigenvalue weighted by atomic mass is 10.2. The normalized spacial score (nSPS) is 11.8. The van der Waals surface area contributed by atoms with E-state index in [1.54, 1.807) is 37.4 Å². The first-order chi connectivity index (χ1) is 15.3. The van der Waals surface area contributed by atoms with Gasteiger partial charge in [0.25, 0.3) is 5.56 Å². The molecule has 3 aromatic heterocycles. The van der Waals surface area contributed by atoms with Crippen molar-refractivity contribution in [2.45, 2.75) is 11.8 Å². The number of sulfonamides is 1. The molecule has 3 heterocycles. The van der Waals surface area contributed by atoms with Crippen LogP contribution < -0.4 is 16.0 Å². The van der Waals surface area contributed by atoms with E-state index in [2.05, 4.69) is 25.5 Å². The van der Waals surface area contributed by atoms with Gasteiger partial charge in [-0.1, -0.05) is 24.3 Å². The molecule has 5 rings (SSSR count). The van der Waals surface area contributed by atoms with Gasteiger partial charge >= 0.3 is 0 Å². The zero-order chi connectivity index (χ0) is 22.5. The maximum absolute atomic E-state index is 13.2. The Morgan fingerprint density at radius 3 is 2.59 bits per heavy atom. The van der Waals surface area contributed by atoms with E-state index < -0.39 is 10.0 Å². The SMILES string of the molecule is Cc1ccc(Nc2ncc3c4[nH]ncc4c(=O)n(-c4ccccc4)c3n2)cc1S(N)(=O)=O. The number of hydrogen-bond donors (Lipinski definition) is 3. The summed E-state index contributed by atoms with van der Waals surface area (Å²) in [6.45, 7) is 1.66. The number of anilines is 2. The number of primary sulfonamides is 1. The van der Waals surface area contributed by atoms with Gasteiger partial charge in [-0.3, -0.25) is 14.5 Å². The Labute approximate surface area is 181 Å². The van der Waals surface area contributed by atoms with Gasteiger partial charge in [0.2, 0.25) is 16.0 Å². The van der Waals surface area contributed by atoms with Gasteiger partial charge in [-0.15, -0.1) is 0 Å². The fourth-order valence-electron chi connectivity index (χ4n) is 3.58. The highest BCUT2D eigenvalue weighted by Crippen LogP contribution is 2.25. The number of nitrogens with one attached hydrogen (secondary N) is 2. The van der Waals surface area contributed by atoms with Crippen molar-refractivity contribution in [1.29, 1.82) is 0 Å². The van der Waals surface area contributed by atoms with E-state index in [4.69, 9.17) is 5.14 Å². The number of fused-ring (bicyclic) bond motifs is 3. The minimum Gasteiger partial charge on any atom is -0.324 e. The number of aromatic amines is 1. The standard InChI is InChI=1S/C21H17N7O3S/c1-12-7-8-13(9-17(12)32(22,30)31)25-21-23-10-15-18-16(11-24-27-18)20(29)28(19(15)26-21)14-5-3-2-4-6-14/h2-11H,1H3,(H,24,27)(H2,22,30,31)(H,23,25,26). The molecule has 0 radical (unpaired) electrons. The molecule has 0 unspecified atom stereocenters. The van der Waals surface area contributed by atoms with Crippen LogP contribution >= 0.6 is 0 Å². The van der Waals surface area contributed by atoms with Gasteiger partial charge in [0, 0.05) is 11.9 Å². The van der Waals surface area contributed by atoms with E-state index in [0.29, 0.717) is 38.9 Å². The number of para-hydroxylation sites is 1. The summed E-state index contributed by atoms with van der Waals surface area (Å²) in [6.07, 6.45) is 3.06. The molecule has 10 nitrogen and oxygen atoms in total. The number of benzene rings is 2. The van der Waals surface area contributed by atoms with Crippen LogP contribution in [0.1, 0.15) is 5.56 Å². The lowest BCUT2D eigenvalue weighted by Crippen LogP contribution is -2.20. The lowest BCUT2D eigenvalue weighted by molar-refractivity contribution is 0.597. The Morgan fingerprint density at radius 1 is 1.06 bits per heavy atom. The topological polar surface area (TPSA) is 149 Å². The van der Waals surface area contributed by atoms with Gasteiger partial charge in [0.05, 0.1) is 33.1 Å². The van der Waals surface area contributed by atoms with Gasteiger partial charge in [0.15, 0.2) is 5.65 Å². The zero-order valence-corrected chi connectivity index (χ0v) is 17.6. The second-order valence-electron chi connectivity index (χ2n) is 7.22. The monoisotopic (exact) mass is 447 g/mol. The summed E-state index contributed by atoms with van der Waals surface area (Å²) in [5.41, 5.74) is 2.24. The molecule has 0 saturated carbocycles. The third-order valence-corrected chi connectivity index (χ3v) is 6.14. The first-order valence-corrected chi connectivity index (χ1v) is 11.1. The van der Waals surface area contributed by atoms with Crippen molar-refractivity contribution in [3.8, 4) is 5.69 Å². The summed E-state index contributed by atoms with van der Waals surface area (Å²) in [5.74, 6) is 0.185. The van der Waals surface area contributed by atoms with E-state index in [-0.39, 0.29) is 16.4 Å². The summed E-state index contributed by atoms with van der Waals surface area (Å²) in [7, 11) is -3.89. The van der Waals surface area contributed by atoms with Crippen molar-refractivity contribution in [1.82, 2.24) is 24.7 Å². The summed E-state index contributed by atoms with van der Waals surface area (Å²) in [5, 5.41) is 16.2. The predicted molar refractivity (Wildman–Crippen MR) is 121 cm³/mol. The average Bonchev–Trinajstić information content (AvgIpc) is 3.26. The van der Waals surface area contributed by atoms with Gasteiger partial charge < -0.3 is 5.32 Å². The van der Waals surface area contributed by atoms with Crippen LogP contribution in [0.15, 0.2) is 70.6 Å². The Hall–Kier alpha value is -4.09. The highest BCUT2D eigenvalue weighted by Gasteiger charge is 2.17. The largest absolute Gasteiger partial charge is 0.324 e. The maximum atomic E-state index is 13.2. The molecule has 0 saturated heterocycles. The number of nitrogens with zero attached hydrogens (tertiary/aromatic N) is 4. The van der Waals surface area contributed by atoms with Crippen LogP contribution in [0.3, 0.4) is 0 Å². The predicted octanol–water partition coefficient (Wildman–Crippen LogP) is 2.36. The molecule has 160 valence electrons. The first kappa shape index (κ1) is 19.8. The second-order valence-corrected chi connectivity index (χ2v) is 8.75. The van der Waals surface area contributed by atoms with E-state index in [1.807, 2.05) is 18.2 Å². The summed E-state index contributed by atoms with van der Waals surface area (Å²) in [4.78, 5) is 22.1. The van der Waals surface area contributed by atoms with Gasteiger partial charge in [-0.2, -0.15) is 10.1 Å². The molecule has 2 aromatic carbocycles. The van der Waals surface area contributed by atoms with Gasteiger partial charge in [-0.05, 0) is 36.8 Å². The Morgan fingerprint density at radius 2 is 1.84 bits per heavy atom. The number of H-pyrrole nitrogens is 1. The lowest BCUT2D eigenvalue weighted by Gasteiger charge is -2.12. The molecule has 0 aliphatic carbocycles. The smallest absolute Gasteiger partial charge is 0.267 e. The molecule has 0 aliphatic rings. The Bertz CT molecular complexity index is 1660. The maximum Gasteiger partial charge on any atom is 0.267 e. The zero-order valence-electron chi connectivity index (χ0n) is 16.8. The van der Waals surface area contributed by atoms with E-state index in [9.17, 15) is 13.2 Å². The average molecular weight is 447 g/mol. The highest BCUT2D eigenvalue weighted by atomic mass is 32.2. The summed E-state index contributed by atoms with van der Waals surface area (Å²) >= 11 is 0. The molecule has 0 aliphatic heterocycles. The molecular weight excluding hydrogens is 430 g/mol.